The third-order valence-corrected chi connectivity index (χ3v) is 6.40. The summed E-state index contributed by atoms with van der Waals surface area (Å²) in [6.07, 6.45) is 0. The molecule has 0 fully saturated rings. The summed E-state index contributed by atoms with van der Waals surface area (Å²) < 4.78 is 28.2. The van der Waals surface area contributed by atoms with E-state index >= 15 is 0 Å². The molecular formula is C21H22ClN3O3S. The van der Waals surface area contributed by atoms with Gasteiger partial charge >= 0.3 is 0 Å². The number of hydrogen-bond acceptors (Lipinski definition) is 3. The molecule has 0 unspecified atom stereocenters. The van der Waals surface area contributed by atoms with E-state index in [4.69, 9.17) is 11.6 Å². The maximum atomic E-state index is 12.7. The Labute approximate surface area is 175 Å². The van der Waals surface area contributed by atoms with Gasteiger partial charge in [-0.1, -0.05) is 23.7 Å². The molecule has 1 heterocycles. The van der Waals surface area contributed by atoms with Crippen molar-refractivity contribution in [3.8, 4) is 5.69 Å². The van der Waals surface area contributed by atoms with Crippen LogP contribution in [0.15, 0.2) is 59.5 Å². The van der Waals surface area contributed by atoms with Crippen molar-refractivity contribution in [3.63, 3.8) is 0 Å². The molecule has 0 atom stereocenters. The second-order valence-electron chi connectivity index (χ2n) is 6.65. The van der Waals surface area contributed by atoms with Crippen molar-refractivity contribution in [1.29, 1.82) is 0 Å². The molecule has 0 aliphatic carbocycles. The number of halogens is 1. The minimum absolute atomic E-state index is 0.144. The van der Waals surface area contributed by atoms with Crippen LogP contribution in [0.25, 0.3) is 5.69 Å². The van der Waals surface area contributed by atoms with E-state index in [9.17, 15) is 13.2 Å². The first-order valence-corrected chi connectivity index (χ1v) is 10.8. The first-order chi connectivity index (χ1) is 13.7. The van der Waals surface area contributed by atoms with Crippen molar-refractivity contribution in [3.05, 3.63) is 82.1 Å². The van der Waals surface area contributed by atoms with E-state index in [0.717, 1.165) is 17.1 Å². The smallest absolute Gasteiger partial charge is 0.253 e. The zero-order valence-corrected chi connectivity index (χ0v) is 17.9. The van der Waals surface area contributed by atoms with Crippen LogP contribution in [0.5, 0.6) is 0 Å². The molecule has 29 heavy (non-hydrogen) atoms. The summed E-state index contributed by atoms with van der Waals surface area (Å²) in [5.74, 6) is -0.332. The molecule has 3 aromatic rings. The maximum Gasteiger partial charge on any atom is 0.253 e. The fourth-order valence-corrected chi connectivity index (χ4v) is 4.12. The highest BCUT2D eigenvalue weighted by atomic mass is 35.5. The Kier molecular flexibility index (Phi) is 6.12. The largest absolute Gasteiger partial charge is 0.348 e. The fraction of sp³-hybridized carbons (Fsp3) is 0.190. The van der Waals surface area contributed by atoms with Crippen molar-refractivity contribution >= 4 is 27.5 Å². The van der Waals surface area contributed by atoms with Crippen molar-refractivity contribution < 1.29 is 13.2 Å². The first kappa shape index (κ1) is 21.1. The van der Waals surface area contributed by atoms with Crippen molar-refractivity contribution in [2.45, 2.75) is 25.3 Å². The van der Waals surface area contributed by atoms with E-state index in [1.54, 1.807) is 24.3 Å². The number of amides is 1. The number of nitrogens with zero attached hydrogens (tertiary/aromatic N) is 1. The molecule has 3 rings (SSSR count). The highest BCUT2D eigenvalue weighted by molar-refractivity contribution is 7.89. The Morgan fingerprint density at radius 1 is 1.03 bits per heavy atom. The zero-order valence-electron chi connectivity index (χ0n) is 16.4. The van der Waals surface area contributed by atoms with Crippen LogP contribution >= 0.6 is 11.6 Å². The monoisotopic (exact) mass is 431 g/mol. The van der Waals surface area contributed by atoms with E-state index in [2.05, 4.69) is 10.0 Å². The second-order valence-corrected chi connectivity index (χ2v) is 8.95. The van der Waals surface area contributed by atoms with Gasteiger partial charge in [-0.2, -0.15) is 0 Å². The Bertz CT molecular complexity index is 1150. The number of rotatable bonds is 6. The summed E-state index contributed by atoms with van der Waals surface area (Å²) >= 11 is 6.26. The first-order valence-electron chi connectivity index (χ1n) is 8.98. The van der Waals surface area contributed by atoms with Crippen LogP contribution in [-0.4, -0.2) is 25.9 Å². The van der Waals surface area contributed by atoms with Gasteiger partial charge in [0.2, 0.25) is 10.0 Å². The molecular weight excluding hydrogens is 410 g/mol. The van der Waals surface area contributed by atoms with Crippen molar-refractivity contribution in [2.24, 2.45) is 0 Å². The van der Waals surface area contributed by atoms with E-state index in [1.165, 1.54) is 19.2 Å². The summed E-state index contributed by atoms with van der Waals surface area (Å²) in [5.41, 5.74) is 3.98. The van der Waals surface area contributed by atoms with Gasteiger partial charge in [0, 0.05) is 23.6 Å². The number of carbonyl (C=O) groups excluding carboxylic acids is 1. The van der Waals surface area contributed by atoms with Gasteiger partial charge in [-0.25, -0.2) is 13.1 Å². The Balaban J connectivity index is 1.82. The molecule has 0 saturated heterocycles. The molecule has 0 spiro atoms. The predicted octanol–water partition coefficient (Wildman–Crippen LogP) is 3.59. The van der Waals surface area contributed by atoms with Gasteiger partial charge < -0.3 is 9.88 Å². The average molecular weight is 432 g/mol. The normalized spacial score (nSPS) is 11.4. The minimum Gasteiger partial charge on any atom is -0.348 e. The van der Waals surface area contributed by atoms with E-state index in [0.29, 0.717) is 16.1 Å². The maximum absolute atomic E-state index is 12.7. The minimum atomic E-state index is -3.54. The van der Waals surface area contributed by atoms with Gasteiger partial charge in [-0.3, -0.25) is 4.79 Å². The zero-order chi connectivity index (χ0) is 21.2. The lowest BCUT2D eigenvalue weighted by atomic mass is 10.1. The SMILES string of the molecule is CNS(=O)(=O)c1cccc(CNC(=O)c2cc(-n3c(C)ccc3C)ccc2Cl)c1. The number of hydrogen-bond donors (Lipinski definition) is 2. The summed E-state index contributed by atoms with van der Waals surface area (Å²) in [4.78, 5) is 12.9. The molecule has 8 heteroatoms. The number of carbonyl (C=O) groups is 1. The van der Waals surface area contributed by atoms with Crippen molar-refractivity contribution in [1.82, 2.24) is 14.6 Å². The molecule has 152 valence electrons. The highest BCUT2D eigenvalue weighted by Crippen LogP contribution is 2.23. The lowest BCUT2D eigenvalue weighted by molar-refractivity contribution is 0.0951. The third kappa shape index (κ3) is 4.53. The van der Waals surface area contributed by atoms with Crippen LogP contribution in [0.2, 0.25) is 5.02 Å². The average Bonchev–Trinajstić information content (AvgIpc) is 3.05. The summed E-state index contributed by atoms with van der Waals surface area (Å²) in [7, 11) is -2.19. The van der Waals surface area contributed by atoms with Gasteiger partial charge in [0.25, 0.3) is 5.91 Å². The van der Waals surface area contributed by atoms with Gasteiger partial charge in [0.05, 0.1) is 15.5 Å². The van der Waals surface area contributed by atoms with Gasteiger partial charge in [-0.05, 0) is 68.9 Å². The van der Waals surface area contributed by atoms with Crippen molar-refractivity contribution in [2.75, 3.05) is 7.05 Å². The molecule has 0 bridgehead atoms. The third-order valence-electron chi connectivity index (χ3n) is 4.65. The summed E-state index contributed by atoms with van der Waals surface area (Å²) in [6.45, 7) is 4.16. The Morgan fingerprint density at radius 2 is 1.72 bits per heavy atom. The van der Waals surface area contributed by atoms with Crippen LogP contribution in [0.4, 0.5) is 0 Å². The number of benzene rings is 2. The number of aromatic nitrogens is 1. The van der Waals surface area contributed by atoms with Crippen LogP contribution in [0.3, 0.4) is 0 Å². The van der Waals surface area contributed by atoms with Gasteiger partial charge in [0.1, 0.15) is 0 Å². The number of sulfonamides is 1. The lowest BCUT2D eigenvalue weighted by Crippen LogP contribution is -2.24. The molecule has 6 nitrogen and oxygen atoms in total. The molecule has 0 radical (unpaired) electrons. The lowest BCUT2D eigenvalue weighted by Gasteiger charge is -2.13. The van der Waals surface area contributed by atoms with Crippen LogP contribution < -0.4 is 10.0 Å². The Hall–Kier alpha value is -2.61. The molecule has 1 amide bonds. The van der Waals surface area contributed by atoms with Crippen LogP contribution in [-0.2, 0) is 16.6 Å². The quantitative estimate of drug-likeness (QED) is 0.626. The van der Waals surface area contributed by atoms with Gasteiger partial charge in [0.15, 0.2) is 0 Å². The fourth-order valence-electron chi connectivity index (χ4n) is 3.12. The predicted molar refractivity (Wildman–Crippen MR) is 114 cm³/mol. The van der Waals surface area contributed by atoms with Crippen LogP contribution in [0.1, 0.15) is 27.3 Å². The molecule has 2 N–H and O–H groups in total. The summed E-state index contributed by atoms with van der Waals surface area (Å²) in [6, 6.07) is 15.7. The molecule has 1 aromatic heterocycles. The van der Waals surface area contributed by atoms with Gasteiger partial charge in [-0.15, -0.1) is 0 Å². The standard InChI is InChI=1S/C21H22ClN3O3S/c1-14-7-8-15(2)25(14)17-9-10-20(22)19(12-17)21(26)24-13-16-5-4-6-18(11-16)29(27,28)23-3/h4-12,23H,13H2,1-3H3,(H,24,26). The molecule has 0 aliphatic rings. The molecule has 2 aromatic carbocycles. The van der Waals surface area contributed by atoms with E-state index in [1.807, 2.05) is 36.6 Å². The highest BCUT2D eigenvalue weighted by Gasteiger charge is 2.15. The Morgan fingerprint density at radius 3 is 2.38 bits per heavy atom. The van der Waals surface area contributed by atoms with Crippen LogP contribution in [0, 0.1) is 13.8 Å². The second kappa shape index (κ2) is 8.41. The topological polar surface area (TPSA) is 80.2 Å². The molecule has 0 saturated carbocycles. The van der Waals surface area contributed by atoms with E-state index in [-0.39, 0.29) is 17.3 Å². The molecule has 0 aliphatic heterocycles. The summed E-state index contributed by atoms with van der Waals surface area (Å²) in [5, 5.41) is 3.15. The number of nitrogens with one attached hydrogen (secondary N) is 2. The number of aryl methyl sites for hydroxylation is 2. The van der Waals surface area contributed by atoms with E-state index < -0.39 is 10.0 Å².